The number of thiophene rings is 1. The van der Waals surface area contributed by atoms with Crippen LogP contribution in [0.1, 0.15) is 61.8 Å². The van der Waals surface area contributed by atoms with Gasteiger partial charge >= 0.3 is 0 Å². The first-order valence-corrected chi connectivity index (χ1v) is 8.07. The molecule has 0 radical (unpaired) electrons. The molecule has 19 heavy (non-hydrogen) atoms. The molecule has 2 aliphatic carbocycles. The first kappa shape index (κ1) is 12.8. The topological polar surface area (TPSA) is 61.8 Å². The van der Waals surface area contributed by atoms with E-state index in [0.717, 1.165) is 17.2 Å². The average Bonchev–Trinajstić information content (AvgIpc) is 3.14. The van der Waals surface area contributed by atoms with E-state index >= 15 is 0 Å². The van der Waals surface area contributed by atoms with Crippen molar-refractivity contribution in [2.45, 2.75) is 51.4 Å². The predicted molar refractivity (Wildman–Crippen MR) is 80.5 cm³/mol. The molecule has 0 bridgehead atoms. The van der Waals surface area contributed by atoms with Crippen molar-refractivity contribution in [3.63, 3.8) is 0 Å². The van der Waals surface area contributed by atoms with Crippen molar-refractivity contribution in [1.29, 1.82) is 5.26 Å². The summed E-state index contributed by atoms with van der Waals surface area (Å²) in [4.78, 5) is 0.684. The molecule has 3 nitrogen and oxygen atoms in total. The molecule has 4 heteroatoms. The monoisotopic (exact) mass is 275 g/mol. The van der Waals surface area contributed by atoms with E-state index in [1.54, 1.807) is 11.3 Å². The number of hydrogen-bond donors (Lipinski definition) is 2. The molecule has 3 rings (SSSR count). The molecule has 1 aromatic heterocycles. The molecule has 0 aliphatic heterocycles. The van der Waals surface area contributed by atoms with Crippen LogP contribution in [-0.4, -0.2) is 6.54 Å². The van der Waals surface area contributed by atoms with Gasteiger partial charge < -0.3 is 11.1 Å². The summed E-state index contributed by atoms with van der Waals surface area (Å²) in [6, 6.07) is 2.23. The highest BCUT2D eigenvalue weighted by Gasteiger charge is 2.36. The van der Waals surface area contributed by atoms with E-state index in [1.807, 2.05) is 0 Å². The molecule has 0 amide bonds. The maximum absolute atomic E-state index is 9.14. The molecule has 0 saturated heterocycles. The summed E-state index contributed by atoms with van der Waals surface area (Å²) in [7, 11) is 0. The van der Waals surface area contributed by atoms with Crippen LogP contribution < -0.4 is 11.1 Å². The average molecular weight is 275 g/mol. The molecular formula is C15H21N3S. The van der Waals surface area contributed by atoms with Gasteiger partial charge in [-0.1, -0.05) is 13.3 Å². The lowest BCUT2D eigenvalue weighted by atomic mass is 9.67. The Balaban J connectivity index is 1.78. The van der Waals surface area contributed by atoms with Crippen LogP contribution in [0.25, 0.3) is 0 Å². The van der Waals surface area contributed by atoms with Gasteiger partial charge in [-0.05, 0) is 43.4 Å². The summed E-state index contributed by atoms with van der Waals surface area (Å²) in [5.74, 6) is 0.597. The van der Waals surface area contributed by atoms with Crippen LogP contribution in [0.4, 0.5) is 10.7 Å². The quantitative estimate of drug-likeness (QED) is 0.851. The fourth-order valence-electron chi connectivity index (χ4n) is 3.05. The van der Waals surface area contributed by atoms with Gasteiger partial charge in [0.2, 0.25) is 0 Å². The third-order valence-electron chi connectivity index (χ3n) is 4.86. The number of nitrogen functional groups attached to an aromatic ring is 1. The Bertz CT molecular complexity index is 513. The number of rotatable bonds is 5. The number of anilines is 2. The fraction of sp³-hybridized carbons (Fsp3) is 0.667. The molecule has 1 aromatic rings. The second-order valence-electron chi connectivity index (χ2n) is 6.03. The van der Waals surface area contributed by atoms with Crippen LogP contribution in [0, 0.1) is 16.7 Å². The standard InChI is InChI=1S/C15H21N3S/c1-2-15(6-3-7-15)9-18-14-12(10-4-5-10)13(17)11(8-16)19-14/h10,18H,2-7,9,17H2,1H3. The molecule has 102 valence electrons. The molecule has 0 aromatic carbocycles. The zero-order valence-corrected chi connectivity index (χ0v) is 12.3. The van der Waals surface area contributed by atoms with Gasteiger partial charge in [0.1, 0.15) is 10.9 Å². The van der Waals surface area contributed by atoms with Crippen molar-refractivity contribution in [2.24, 2.45) is 5.41 Å². The van der Waals surface area contributed by atoms with Gasteiger partial charge in [-0.2, -0.15) is 5.26 Å². The van der Waals surface area contributed by atoms with Crippen molar-refractivity contribution in [3.05, 3.63) is 10.4 Å². The van der Waals surface area contributed by atoms with E-state index in [9.17, 15) is 0 Å². The van der Waals surface area contributed by atoms with Crippen molar-refractivity contribution < 1.29 is 0 Å². The van der Waals surface area contributed by atoms with Crippen LogP contribution in [0.5, 0.6) is 0 Å². The first-order chi connectivity index (χ1) is 9.19. The molecule has 0 unspecified atom stereocenters. The Labute approximate surface area is 118 Å². The number of nitrogens with two attached hydrogens (primary N) is 1. The minimum absolute atomic E-state index is 0.492. The lowest BCUT2D eigenvalue weighted by Crippen LogP contribution is -2.35. The Kier molecular flexibility index (Phi) is 3.18. The summed E-state index contributed by atoms with van der Waals surface area (Å²) in [5, 5.41) is 13.9. The van der Waals surface area contributed by atoms with Crippen molar-refractivity contribution in [1.82, 2.24) is 0 Å². The Morgan fingerprint density at radius 1 is 1.47 bits per heavy atom. The van der Waals surface area contributed by atoms with Crippen molar-refractivity contribution >= 4 is 22.0 Å². The van der Waals surface area contributed by atoms with E-state index in [2.05, 4.69) is 18.3 Å². The molecule has 1 heterocycles. The summed E-state index contributed by atoms with van der Waals surface area (Å²) in [6.07, 6.45) is 7.72. The molecular weight excluding hydrogens is 254 g/mol. The van der Waals surface area contributed by atoms with Crippen LogP contribution in [-0.2, 0) is 0 Å². The zero-order chi connectivity index (χ0) is 13.5. The maximum Gasteiger partial charge on any atom is 0.130 e. The van der Waals surface area contributed by atoms with Crippen LogP contribution in [0.15, 0.2) is 0 Å². The SMILES string of the molecule is CCC1(CNc2sc(C#N)c(N)c2C2CC2)CCC1. The lowest BCUT2D eigenvalue weighted by Gasteiger charge is -2.41. The summed E-state index contributed by atoms with van der Waals surface area (Å²) < 4.78 is 0. The van der Waals surface area contributed by atoms with Gasteiger partial charge in [0, 0.05) is 12.1 Å². The summed E-state index contributed by atoms with van der Waals surface area (Å²) in [6.45, 7) is 3.32. The Morgan fingerprint density at radius 2 is 2.21 bits per heavy atom. The van der Waals surface area contributed by atoms with Gasteiger partial charge in [-0.3, -0.25) is 0 Å². The van der Waals surface area contributed by atoms with Gasteiger partial charge in [-0.25, -0.2) is 0 Å². The van der Waals surface area contributed by atoms with Gasteiger partial charge in [0.25, 0.3) is 0 Å². The lowest BCUT2D eigenvalue weighted by molar-refractivity contribution is 0.145. The highest BCUT2D eigenvalue weighted by molar-refractivity contribution is 7.17. The molecule has 3 N–H and O–H groups in total. The van der Waals surface area contributed by atoms with E-state index in [4.69, 9.17) is 11.0 Å². The maximum atomic E-state index is 9.14. The molecule has 0 atom stereocenters. The number of hydrogen-bond acceptors (Lipinski definition) is 4. The minimum Gasteiger partial charge on any atom is -0.397 e. The third-order valence-corrected chi connectivity index (χ3v) is 5.94. The van der Waals surface area contributed by atoms with Gasteiger partial charge in [0.15, 0.2) is 0 Å². The second kappa shape index (κ2) is 4.72. The first-order valence-electron chi connectivity index (χ1n) is 7.25. The largest absolute Gasteiger partial charge is 0.397 e. The van der Waals surface area contributed by atoms with Crippen LogP contribution >= 0.6 is 11.3 Å². The third kappa shape index (κ3) is 2.21. The van der Waals surface area contributed by atoms with E-state index in [0.29, 0.717) is 16.2 Å². The van der Waals surface area contributed by atoms with Crippen LogP contribution in [0.2, 0.25) is 0 Å². The molecule has 2 saturated carbocycles. The number of nitrogens with zero attached hydrogens (tertiary/aromatic N) is 1. The summed E-state index contributed by atoms with van der Waals surface area (Å²) in [5.41, 5.74) is 8.58. The molecule has 2 fully saturated rings. The van der Waals surface area contributed by atoms with E-state index < -0.39 is 0 Å². The highest BCUT2D eigenvalue weighted by atomic mass is 32.1. The highest BCUT2D eigenvalue weighted by Crippen LogP contribution is 2.51. The van der Waals surface area contributed by atoms with Gasteiger partial charge in [0.05, 0.1) is 10.7 Å². The van der Waals surface area contributed by atoms with Crippen molar-refractivity contribution in [3.8, 4) is 6.07 Å². The minimum atomic E-state index is 0.492. The fourth-order valence-corrected chi connectivity index (χ4v) is 4.05. The van der Waals surface area contributed by atoms with Crippen molar-refractivity contribution in [2.75, 3.05) is 17.6 Å². The Morgan fingerprint density at radius 3 is 2.68 bits per heavy atom. The molecule has 2 aliphatic rings. The summed E-state index contributed by atoms with van der Waals surface area (Å²) >= 11 is 1.54. The number of nitriles is 1. The van der Waals surface area contributed by atoms with E-state index in [-0.39, 0.29) is 0 Å². The second-order valence-corrected chi connectivity index (χ2v) is 7.06. The predicted octanol–water partition coefficient (Wildman–Crippen LogP) is 4.07. The van der Waals surface area contributed by atoms with Crippen LogP contribution in [0.3, 0.4) is 0 Å². The number of nitrogens with one attached hydrogen (secondary N) is 1. The normalized spacial score (nSPS) is 20.6. The van der Waals surface area contributed by atoms with E-state index in [1.165, 1.54) is 44.1 Å². The smallest absolute Gasteiger partial charge is 0.130 e. The zero-order valence-electron chi connectivity index (χ0n) is 11.5. The van der Waals surface area contributed by atoms with Gasteiger partial charge in [-0.15, -0.1) is 11.3 Å². The molecule has 0 spiro atoms. The Hall–Kier alpha value is -1.21.